The molecular formula is C58H51NO2S. The van der Waals surface area contributed by atoms with Gasteiger partial charge in [-0.1, -0.05) is 174 Å². The molecule has 9 aromatic rings. The first-order valence-electron chi connectivity index (χ1n) is 21.7. The Morgan fingerprint density at radius 2 is 1.21 bits per heavy atom. The number of anilines is 3. The van der Waals surface area contributed by atoms with Gasteiger partial charge in [-0.25, -0.2) is 0 Å². The second-order valence-electron chi connectivity index (χ2n) is 14.4. The summed E-state index contributed by atoms with van der Waals surface area (Å²) in [6.45, 7) is 10.1. The van der Waals surface area contributed by atoms with Crippen molar-refractivity contribution in [1.82, 2.24) is 0 Å². The van der Waals surface area contributed by atoms with Gasteiger partial charge in [0.2, 0.25) is 0 Å². The molecule has 4 heteroatoms. The lowest BCUT2D eigenvalue weighted by molar-refractivity contribution is 0.615. The Balaban J connectivity index is 0.00000129. The average Bonchev–Trinajstić information content (AvgIpc) is 3.76. The van der Waals surface area contributed by atoms with E-state index in [4.69, 9.17) is 8.60 Å². The Morgan fingerprint density at radius 1 is 0.516 bits per heavy atom. The largest absolute Gasteiger partial charge is 0.464 e. The standard InChI is InChI=1S/C54H39NO2S.2C2H6/c1-2-3-4-6-17-42-36-56-52-31-25-41(33-49(42)52)48-35-44(29-30-45(48)40-26-32-53-50(34-40)47-20-11-12-22-54(47)58-57-53)55(51-21-13-18-39-16-9-10-19-46(39)51)43-27-23-38(24-28-43)37-14-7-5-8-15-37;2*1-2/h3-36H,2H2,1H3;2*1-2H3/b4-3-,17-6-;;. The van der Waals surface area contributed by atoms with Crippen molar-refractivity contribution in [3.63, 3.8) is 0 Å². The topological polar surface area (TPSA) is 25.6 Å². The van der Waals surface area contributed by atoms with Crippen LogP contribution in [0.2, 0.25) is 0 Å². The lowest BCUT2D eigenvalue weighted by Gasteiger charge is -2.28. The number of rotatable bonds is 9. The Labute approximate surface area is 370 Å². The van der Waals surface area contributed by atoms with Crippen molar-refractivity contribution >= 4 is 56.9 Å². The van der Waals surface area contributed by atoms with E-state index in [0.29, 0.717) is 0 Å². The van der Waals surface area contributed by atoms with E-state index in [9.17, 15) is 0 Å². The fourth-order valence-corrected chi connectivity index (χ4v) is 8.70. The molecule has 0 N–H and O–H groups in total. The zero-order chi connectivity index (χ0) is 42.8. The summed E-state index contributed by atoms with van der Waals surface area (Å²) in [4.78, 5) is 3.51. The first kappa shape index (κ1) is 41.7. The Bertz CT molecular complexity index is 2990. The number of hydrogen-bond acceptors (Lipinski definition) is 4. The van der Waals surface area contributed by atoms with Crippen LogP contribution >= 0.6 is 12.0 Å². The van der Waals surface area contributed by atoms with Gasteiger partial charge in [-0.05, 0) is 106 Å². The molecule has 1 aromatic heterocycles. The van der Waals surface area contributed by atoms with Gasteiger partial charge >= 0.3 is 0 Å². The Kier molecular flexibility index (Phi) is 13.2. The van der Waals surface area contributed by atoms with Gasteiger partial charge in [0.1, 0.15) is 11.3 Å². The second-order valence-corrected chi connectivity index (χ2v) is 15.2. The molecule has 2 heterocycles. The molecule has 0 atom stereocenters. The molecule has 0 aliphatic carbocycles. The molecule has 62 heavy (non-hydrogen) atoms. The van der Waals surface area contributed by atoms with Crippen molar-refractivity contribution in [2.45, 2.75) is 45.9 Å². The summed E-state index contributed by atoms with van der Waals surface area (Å²) in [5.41, 5.74) is 14.3. The molecule has 0 fully saturated rings. The first-order valence-corrected chi connectivity index (χ1v) is 22.5. The van der Waals surface area contributed by atoms with E-state index in [0.717, 1.165) is 78.5 Å². The minimum Gasteiger partial charge on any atom is -0.464 e. The van der Waals surface area contributed by atoms with Crippen LogP contribution in [0, 0.1) is 0 Å². The summed E-state index contributed by atoms with van der Waals surface area (Å²) >= 11 is 1.42. The summed E-state index contributed by atoms with van der Waals surface area (Å²) in [5.74, 6) is 0.875. The maximum Gasteiger partial charge on any atom is 0.145 e. The van der Waals surface area contributed by atoms with Crippen LogP contribution in [0.5, 0.6) is 5.75 Å². The van der Waals surface area contributed by atoms with Gasteiger partial charge in [-0.3, -0.25) is 0 Å². The third-order valence-electron chi connectivity index (χ3n) is 10.9. The second kappa shape index (κ2) is 19.6. The highest BCUT2D eigenvalue weighted by molar-refractivity contribution is 7.95. The van der Waals surface area contributed by atoms with E-state index < -0.39 is 0 Å². The van der Waals surface area contributed by atoms with Gasteiger partial charge in [0.25, 0.3) is 0 Å². The quantitative estimate of drug-likeness (QED) is 0.107. The lowest BCUT2D eigenvalue weighted by Crippen LogP contribution is -2.11. The number of allylic oxidation sites excluding steroid dienone is 3. The number of furan rings is 1. The van der Waals surface area contributed by atoms with Gasteiger partial charge in [-0.2, -0.15) is 0 Å². The molecule has 0 bridgehead atoms. The van der Waals surface area contributed by atoms with E-state index in [1.807, 2.05) is 34.0 Å². The van der Waals surface area contributed by atoms with Crippen LogP contribution < -0.4 is 9.08 Å². The SMILES string of the molecule is CC.CC.CC/C=C\C=C/c1coc2ccc(-c3cc(N(c4ccc(-c5ccccc5)cc4)c4cccc5ccccc45)ccc3-c3ccc4c(c3)-c3ccccc3SO4)cc12. The van der Waals surface area contributed by atoms with E-state index >= 15 is 0 Å². The Hall–Kier alpha value is -7.01. The van der Waals surface area contributed by atoms with Crippen molar-refractivity contribution in [3.05, 3.63) is 206 Å². The van der Waals surface area contributed by atoms with E-state index in [-0.39, 0.29) is 0 Å². The van der Waals surface area contributed by atoms with Crippen molar-refractivity contribution in [2.24, 2.45) is 0 Å². The van der Waals surface area contributed by atoms with E-state index in [2.05, 4.69) is 212 Å². The zero-order valence-electron chi connectivity index (χ0n) is 36.0. The predicted octanol–water partition coefficient (Wildman–Crippen LogP) is 18.2. The van der Waals surface area contributed by atoms with E-state index in [1.165, 1.54) is 39.5 Å². The minimum absolute atomic E-state index is 0.858. The molecule has 3 nitrogen and oxygen atoms in total. The third-order valence-corrected chi connectivity index (χ3v) is 11.7. The van der Waals surface area contributed by atoms with Crippen LogP contribution in [0.1, 0.15) is 46.6 Å². The minimum atomic E-state index is 0.858. The highest BCUT2D eigenvalue weighted by atomic mass is 32.2. The summed E-state index contributed by atoms with van der Waals surface area (Å²) in [6, 6.07) is 63.1. The smallest absolute Gasteiger partial charge is 0.145 e. The predicted molar refractivity (Wildman–Crippen MR) is 268 cm³/mol. The van der Waals surface area contributed by atoms with Crippen LogP contribution in [-0.2, 0) is 0 Å². The molecule has 0 unspecified atom stereocenters. The number of nitrogens with zero attached hydrogens (tertiary/aromatic N) is 1. The van der Waals surface area contributed by atoms with Crippen LogP contribution in [-0.4, -0.2) is 0 Å². The molecule has 1 aliphatic rings. The molecule has 0 saturated heterocycles. The number of benzene rings is 8. The summed E-state index contributed by atoms with van der Waals surface area (Å²) in [7, 11) is 0. The van der Waals surface area contributed by atoms with Gasteiger partial charge in [0.15, 0.2) is 0 Å². The van der Waals surface area contributed by atoms with Crippen molar-refractivity contribution in [1.29, 1.82) is 0 Å². The van der Waals surface area contributed by atoms with Crippen LogP contribution in [0.15, 0.2) is 210 Å². The highest BCUT2D eigenvalue weighted by Crippen LogP contribution is 2.48. The highest BCUT2D eigenvalue weighted by Gasteiger charge is 2.22. The van der Waals surface area contributed by atoms with Gasteiger partial charge in [-0.15, -0.1) is 0 Å². The average molecular weight is 826 g/mol. The van der Waals surface area contributed by atoms with Crippen LogP contribution in [0.4, 0.5) is 17.1 Å². The number of fused-ring (bicyclic) bond motifs is 5. The van der Waals surface area contributed by atoms with E-state index in [1.54, 1.807) is 0 Å². The fourth-order valence-electron chi connectivity index (χ4n) is 7.98. The molecule has 0 amide bonds. The Morgan fingerprint density at radius 3 is 2.05 bits per heavy atom. The molecule has 0 saturated carbocycles. The normalized spacial score (nSPS) is 11.6. The van der Waals surface area contributed by atoms with Crippen molar-refractivity contribution < 1.29 is 8.60 Å². The molecule has 8 aromatic carbocycles. The van der Waals surface area contributed by atoms with Crippen LogP contribution in [0.3, 0.4) is 0 Å². The van der Waals surface area contributed by atoms with Gasteiger partial charge in [0, 0.05) is 38.8 Å². The molecule has 10 rings (SSSR count). The monoisotopic (exact) mass is 825 g/mol. The van der Waals surface area contributed by atoms with Gasteiger partial charge < -0.3 is 13.5 Å². The first-order chi connectivity index (χ1) is 30.7. The van der Waals surface area contributed by atoms with Crippen molar-refractivity contribution in [3.8, 4) is 50.3 Å². The molecule has 1 aliphatic heterocycles. The molecule has 0 radical (unpaired) electrons. The lowest BCUT2D eigenvalue weighted by atomic mass is 9.90. The molecule has 0 spiro atoms. The summed E-state index contributed by atoms with van der Waals surface area (Å²) in [5, 5.41) is 3.45. The maximum absolute atomic E-state index is 6.16. The zero-order valence-corrected chi connectivity index (χ0v) is 36.8. The van der Waals surface area contributed by atoms with Crippen LogP contribution in [0.25, 0.3) is 72.3 Å². The fraction of sp³-hybridized carbons (Fsp3) is 0.103. The summed E-state index contributed by atoms with van der Waals surface area (Å²) in [6.07, 6.45) is 11.3. The maximum atomic E-state index is 6.16. The third kappa shape index (κ3) is 8.48. The summed E-state index contributed by atoms with van der Waals surface area (Å²) < 4.78 is 12.2. The van der Waals surface area contributed by atoms with Crippen molar-refractivity contribution in [2.75, 3.05) is 4.90 Å². The van der Waals surface area contributed by atoms with Gasteiger partial charge in [0.05, 0.1) is 28.9 Å². The number of hydrogen-bond donors (Lipinski definition) is 0. The molecule has 306 valence electrons. The molecular weight excluding hydrogens is 775 g/mol.